The Labute approximate surface area is 154 Å². The summed E-state index contributed by atoms with van der Waals surface area (Å²) in [4.78, 5) is 13.0. The third-order valence-corrected chi connectivity index (χ3v) is 5.48. The van der Waals surface area contributed by atoms with Crippen LogP contribution in [0.1, 0.15) is 34.5 Å². The molecule has 2 aromatic rings. The quantitative estimate of drug-likeness (QED) is 0.666. The van der Waals surface area contributed by atoms with Crippen molar-refractivity contribution in [2.45, 2.75) is 33.7 Å². The number of nitrogens with one attached hydrogen (secondary N) is 1. The van der Waals surface area contributed by atoms with Gasteiger partial charge in [-0.2, -0.15) is 0 Å². The van der Waals surface area contributed by atoms with Crippen LogP contribution in [0, 0.1) is 13.8 Å². The fourth-order valence-electron chi connectivity index (χ4n) is 2.95. The summed E-state index contributed by atoms with van der Waals surface area (Å²) in [6.07, 6.45) is 3.37. The Bertz CT molecular complexity index is 742. The molecule has 1 aromatic heterocycles. The highest BCUT2D eigenvalue weighted by atomic mass is 32.1. The molecule has 25 heavy (non-hydrogen) atoms. The molecule has 0 saturated heterocycles. The van der Waals surface area contributed by atoms with E-state index in [9.17, 15) is 0 Å². The van der Waals surface area contributed by atoms with E-state index in [2.05, 4.69) is 72.4 Å². The summed E-state index contributed by atoms with van der Waals surface area (Å²) in [5.41, 5.74) is 3.88. The first-order valence-electron chi connectivity index (χ1n) is 8.88. The number of hydrogen-bond donors (Lipinski definition) is 1. The zero-order chi connectivity index (χ0) is 17.6. The molecule has 0 radical (unpaired) electrons. The van der Waals surface area contributed by atoms with Crippen LogP contribution in [0.3, 0.4) is 0 Å². The zero-order valence-electron chi connectivity index (χ0n) is 15.2. The fourth-order valence-corrected chi connectivity index (χ4v) is 3.81. The number of nitrogens with zero attached hydrogens (tertiary/aromatic N) is 3. The van der Waals surface area contributed by atoms with E-state index in [0.29, 0.717) is 6.54 Å². The maximum absolute atomic E-state index is 4.81. The SMILES string of the molecule is CCNC(=NCc1nc(C)c(C)s1)N1CC=C(c2ccccc2)CC1. The van der Waals surface area contributed by atoms with E-state index in [0.717, 1.165) is 42.7 Å². The summed E-state index contributed by atoms with van der Waals surface area (Å²) in [6.45, 7) is 9.70. The van der Waals surface area contributed by atoms with Gasteiger partial charge in [-0.15, -0.1) is 11.3 Å². The Balaban J connectivity index is 1.69. The highest BCUT2D eigenvalue weighted by Gasteiger charge is 2.16. The van der Waals surface area contributed by atoms with Crippen LogP contribution in [0.15, 0.2) is 41.4 Å². The molecule has 0 amide bonds. The molecule has 1 aliphatic heterocycles. The van der Waals surface area contributed by atoms with Gasteiger partial charge in [0.15, 0.2) is 5.96 Å². The molecule has 0 spiro atoms. The van der Waals surface area contributed by atoms with Crippen molar-refractivity contribution in [3.05, 3.63) is 57.6 Å². The standard InChI is InChI=1S/C20H26N4S/c1-4-21-20(22-14-19-23-15(2)16(3)25-19)24-12-10-18(11-13-24)17-8-6-5-7-9-17/h5-10H,4,11-14H2,1-3H3,(H,21,22). The van der Waals surface area contributed by atoms with Crippen molar-refractivity contribution in [2.24, 2.45) is 4.99 Å². The third-order valence-electron chi connectivity index (χ3n) is 4.43. The second-order valence-corrected chi connectivity index (χ2v) is 7.50. The molecule has 5 heteroatoms. The van der Waals surface area contributed by atoms with Gasteiger partial charge in [0.1, 0.15) is 5.01 Å². The Kier molecular flexibility index (Phi) is 5.87. The predicted octanol–water partition coefficient (Wildman–Crippen LogP) is 4.01. The molecule has 4 nitrogen and oxygen atoms in total. The highest BCUT2D eigenvalue weighted by molar-refractivity contribution is 7.11. The van der Waals surface area contributed by atoms with Gasteiger partial charge in [0.25, 0.3) is 0 Å². The van der Waals surface area contributed by atoms with Crippen LogP contribution < -0.4 is 5.32 Å². The summed E-state index contributed by atoms with van der Waals surface area (Å²) >= 11 is 1.74. The maximum Gasteiger partial charge on any atom is 0.194 e. The average molecular weight is 355 g/mol. The average Bonchev–Trinajstić information content (AvgIpc) is 2.97. The molecule has 1 aromatic carbocycles. The molecule has 0 unspecified atom stereocenters. The fraction of sp³-hybridized carbons (Fsp3) is 0.400. The first kappa shape index (κ1) is 17.7. The number of aromatic nitrogens is 1. The van der Waals surface area contributed by atoms with Crippen molar-refractivity contribution in [3.63, 3.8) is 0 Å². The van der Waals surface area contributed by atoms with E-state index in [1.165, 1.54) is 16.0 Å². The Morgan fingerprint density at radius 3 is 2.68 bits per heavy atom. The van der Waals surface area contributed by atoms with Crippen LogP contribution in [0.2, 0.25) is 0 Å². The molecule has 1 aliphatic rings. The predicted molar refractivity (Wildman–Crippen MR) is 107 cm³/mol. The minimum atomic E-state index is 0.646. The van der Waals surface area contributed by atoms with Gasteiger partial charge in [0.05, 0.1) is 12.2 Å². The van der Waals surface area contributed by atoms with Crippen LogP contribution >= 0.6 is 11.3 Å². The number of aryl methyl sites for hydroxylation is 2. The van der Waals surface area contributed by atoms with E-state index in [1.54, 1.807) is 11.3 Å². The first-order valence-corrected chi connectivity index (χ1v) is 9.69. The van der Waals surface area contributed by atoms with Crippen molar-refractivity contribution >= 4 is 22.9 Å². The molecule has 0 bridgehead atoms. The van der Waals surface area contributed by atoms with E-state index < -0.39 is 0 Å². The maximum atomic E-state index is 4.81. The summed E-state index contributed by atoms with van der Waals surface area (Å²) in [5, 5.41) is 4.51. The minimum absolute atomic E-state index is 0.646. The van der Waals surface area contributed by atoms with Gasteiger partial charge < -0.3 is 10.2 Å². The van der Waals surface area contributed by atoms with E-state index >= 15 is 0 Å². The molecule has 3 rings (SSSR count). The summed E-state index contributed by atoms with van der Waals surface area (Å²) in [5.74, 6) is 0.983. The molecule has 0 aliphatic carbocycles. The number of thiazole rings is 1. The van der Waals surface area contributed by atoms with E-state index in [1.807, 2.05) is 0 Å². The second-order valence-electron chi connectivity index (χ2n) is 6.21. The largest absolute Gasteiger partial charge is 0.356 e. The number of benzene rings is 1. The molecule has 0 saturated carbocycles. The van der Waals surface area contributed by atoms with Crippen molar-refractivity contribution < 1.29 is 0 Å². The number of guanidine groups is 1. The van der Waals surface area contributed by atoms with Crippen molar-refractivity contribution in [1.29, 1.82) is 0 Å². The monoisotopic (exact) mass is 354 g/mol. The summed E-state index contributed by atoms with van der Waals surface area (Å²) < 4.78 is 0. The van der Waals surface area contributed by atoms with Gasteiger partial charge >= 0.3 is 0 Å². The first-order chi connectivity index (χ1) is 12.2. The lowest BCUT2D eigenvalue weighted by Gasteiger charge is -2.29. The molecule has 0 fully saturated rings. The van der Waals surface area contributed by atoms with Crippen LogP contribution in [-0.2, 0) is 6.54 Å². The van der Waals surface area contributed by atoms with Crippen molar-refractivity contribution in [2.75, 3.05) is 19.6 Å². The van der Waals surface area contributed by atoms with Gasteiger partial charge in [-0.1, -0.05) is 36.4 Å². The lowest BCUT2D eigenvalue weighted by Crippen LogP contribution is -2.43. The minimum Gasteiger partial charge on any atom is -0.356 e. The van der Waals surface area contributed by atoms with E-state index in [-0.39, 0.29) is 0 Å². The summed E-state index contributed by atoms with van der Waals surface area (Å²) in [7, 11) is 0. The lowest BCUT2D eigenvalue weighted by molar-refractivity contribution is 0.440. The van der Waals surface area contributed by atoms with Crippen molar-refractivity contribution in [3.8, 4) is 0 Å². The van der Waals surface area contributed by atoms with Gasteiger partial charge in [-0.3, -0.25) is 0 Å². The molecule has 0 atom stereocenters. The zero-order valence-corrected chi connectivity index (χ0v) is 16.1. The van der Waals surface area contributed by atoms with Crippen LogP contribution in [-0.4, -0.2) is 35.5 Å². The normalized spacial score (nSPS) is 15.2. The molecular weight excluding hydrogens is 328 g/mol. The number of hydrogen-bond acceptors (Lipinski definition) is 3. The number of rotatable bonds is 4. The van der Waals surface area contributed by atoms with Crippen LogP contribution in [0.4, 0.5) is 0 Å². The van der Waals surface area contributed by atoms with Crippen molar-refractivity contribution in [1.82, 2.24) is 15.2 Å². The second kappa shape index (κ2) is 8.30. The Morgan fingerprint density at radius 1 is 1.28 bits per heavy atom. The van der Waals surface area contributed by atoms with Crippen LogP contribution in [0.5, 0.6) is 0 Å². The molecule has 1 N–H and O–H groups in total. The van der Waals surface area contributed by atoms with Crippen LogP contribution in [0.25, 0.3) is 5.57 Å². The van der Waals surface area contributed by atoms with E-state index in [4.69, 9.17) is 4.99 Å². The highest BCUT2D eigenvalue weighted by Crippen LogP contribution is 2.22. The molecular formula is C20H26N4S. The Hall–Kier alpha value is -2.14. The molecule has 2 heterocycles. The Morgan fingerprint density at radius 2 is 2.08 bits per heavy atom. The van der Waals surface area contributed by atoms with Gasteiger partial charge in [-0.05, 0) is 38.3 Å². The molecule has 132 valence electrons. The van der Waals surface area contributed by atoms with Gasteiger partial charge in [0.2, 0.25) is 0 Å². The van der Waals surface area contributed by atoms with Gasteiger partial charge in [-0.25, -0.2) is 9.98 Å². The lowest BCUT2D eigenvalue weighted by atomic mass is 10.00. The topological polar surface area (TPSA) is 40.5 Å². The third kappa shape index (κ3) is 4.48. The smallest absolute Gasteiger partial charge is 0.194 e. The van der Waals surface area contributed by atoms with Gasteiger partial charge in [0, 0.05) is 24.5 Å². The number of aliphatic imine (C=N–C) groups is 1. The summed E-state index contributed by atoms with van der Waals surface area (Å²) in [6, 6.07) is 10.6.